The number of unbranched alkanes of at least 4 members (excludes halogenated alkanes) is 5. The lowest BCUT2D eigenvalue weighted by Gasteiger charge is -2.15. The van der Waals surface area contributed by atoms with Crippen molar-refractivity contribution in [3.63, 3.8) is 0 Å². The monoisotopic (exact) mass is 362 g/mol. The first-order chi connectivity index (χ1) is 12.4. The minimum Gasteiger partial charge on any atom is -0.478 e. The van der Waals surface area contributed by atoms with E-state index in [0.717, 1.165) is 56.1 Å². The van der Waals surface area contributed by atoms with E-state index in [1.165, 1.54) is 18.9 Å². The predicted molar refractivity (Wildman–Crippen MR) is 105 cm³/mol. The second-order valence-electron chi connectivity index (χ2n) is 7.54. The fourth-order valence-corrected chi connectivity index (χ4v) is 3.41. The van der Waals surface area contributed by atoms with E-state index in [1.807, 2.05) is 6.07 Å². The van der Waals surface area contributed by atoms with Gasteiger partial charge in [0, 0.05) is 0 Å². The lowest BCUT2D eigenvalue weighted by Crippen LogP contribution is -2.14. The second-order valence-corrected chi connectivity index (χ2v) is 7.54. The van der Waals surface area contributed by atoms with Gasteiger partial charge in [-0.2, -0.15) is 0 Å². The van der Waals surface area contributed by atoms with Crippen molar-refractivity contribution in [2.75, 3.05) is 0 Å². The van der Waals surface area contributed by atoms with Gasteiger partial charge in [-0.15, -0.1) is 0 Å². The fourth-order valence-electron chi connectivity index (χ4n) is 3.41. The Morgan fingerprint density at radius 2 is 1.54 bits per heavy atom. The molecule has 0 aliphatic carbocycles. The van der Waals surface area contributed by atoms with Gasteiger partial charge >= 0.3 is 11.9 Å². The summed E-state index contributed by atoms with van der Waals surface area (Å²) < 4.78 is 0. The summed E-state index contributed by atoms with van der Waals surface area (Å²) in [6, 6.07) is 3.28. The minimum atomic E-state index is -1.17. The number of aromatic carboxylic acids is 2. The second kappa shape index (κ2) is 11.7. The van der Waals surface area contributed by atoms with Crippen LogP contribution in [0.4, 0.5) is 0 Å². The van der Waals surface area contributed by atoms with Crippen molar-refractivity contribution in [3.8, 4) is 0 Å². The maximum absolute atomic E-state index is 11.8. The van der Waals surface area contributed by atoms with E-state index in [1.54, 1.807) is 0 Å². The molecule has 0 aliphatic rings. The average molecular weight is 363 g/mol. The van der Waals surface area contributed by atoms with Gasteiger partial charge < -0.3 is 10.2 Å². The first kappa shape index (κ1) is 22.2. The van der Waals surface area contributed by atoms with Crippen molar-refractivity contribution in [1.82, 2.24) is 0 Å². The van der Waals surface area contributed by atoms with Crippen molar-refractivity contribution >= 4 is 11.9 Å². The van der Waals surface area contributed by atoms with Crippen LogP contribution in [0.1, 0.15) is 104 Å². The summed E-state index contributed by atoms with van der Waals surface area (Å²) in [5.74, 6) is -1.58. The van der Waals surface area contributed by atoms with Gasteiger partial charge in [0.05, 0.1) is 11.1 Å². The van der Waals surface area contributed by atoms with Gasteiger partial charge in [0.25, 0.3) is 0 Å². The van der Waals surface area contributed by atoms with E-state index in [4.69, 9.17) is 0 Å². The van der Waals surface area contributed by atoms with E-state index in [9.17, 15) is 19.8 Å². The van der Waals surface area contributed by atoms with Gasteiger partial charge in [-0.3, -0.25) is 0 Å². The Kier molecular flexibility index (Phi) is 10.0. The molecular formula is C22H34O4. The summed E-state index contributed by atoms with van der Waals surface area (Å²) in [6.45, 7) is 6.58. The molecular weight excluding hydrogens is 328 g/mol. The summed E-state index contributed by atoms with van der Waals surface area (Å²) in [5, 5.41) is 19.0. The molecule has 0 fully saturated rings. The Labute approximate surface area is 157 Å². The van der Waals surface area contributed by atoms with Gasteiger partial charge in [0.2, 0.25) is 0 Å². The van der Waals surface area contributed by atoms with Crippen molar-refractivity contribution in [3.05, 3.63) is 34.4 Å². The SMILES string of the molecule is CCCCCc1ccc(C(=O)O)c(C(=O)O)c1CCCCCCC(C)C. The van der Waals surface area contributed by atoms with Crippen LogP contribution in [-0.4, -0.2) is 22.2 Å². The quantitative estimate of drug-likeness (QED) is 0.424. The van der Waals surface area contributed by atoms with Gasteiger partial charge in [-0.05, 0) is 48.8 Å². The molecule has 0 saturated heterocycles. The molecule has 4 nitrogen and oxygen atoms in total. The summed E-state index contributed by atoms with van der Waals surface area (Å²) in [5.41, 5.74) is 1.64. The van der Waals surface area contributed by atoms with E-state index >= 15 is 0 Å². The molecule has 0 bridgehead atoms. The fraction of sp³-hybridized carbons (Fsp3) is 0.636. The molecule has 0 spiro atoms. The molecule has 0 atom stereocenters. The predicted octanol–water partition coefficient (Wildman–Crippen LogP) is 5.96. The summed E-state index contributed by atoms with van der Waals surface area (Å²) in [6.07, 6.45) is 10.2. The molecule has 4 heteroatoms. The highest BCUT2D eigenvalue weighted by atomic mass is 16.4. The third-order valence-corrected chi connectivity index (χ3v) is 4.86. The molecule has 0 unspecified atom stereocenters. The van der Waals surface area contributed by atoms with Crippen molar-refractivity contribution in [1.29, 1.82) is 0 Å². The van der Waals surface area contributed by atoms with Crippen LogP contribution < -0.4 is 0 Å². The smallest absolute Gasteiger partial charge is 0.336 e. The highest BCUT2D eigenvalue weighted by molar-refractivity contribution is 6.03. The zero-order valence-electron chi connectivity index (χ0n) is 16.5. The Hall–Kier alpha value is -1.84. The van der Waals surface area contributed by atoms with Crippen LogP contribution in [0.15, 0.2) is 12.1 Å². The van der Waals surface area contributed by atoms with E-state index < -0.39 is 11.9 Å². The maximum Gasteiger partial charge on any atom is 0.336 e. The number of aryl methyl sites for hydroxylation is 1. The molecule has 2 N–H and O–H groups in total. The molecule has 0 heterocycles. The molecule has 0 radical (unpaired) electrons. The summed E-state index contributed by atoms with van der Waals surface area (Å²) in [4.78, 5) is 23.2. The van der Waals surface area contributed by atoms with Crippen LogP contribution in [0, 0.1) is 5.92 Å². The van der Waals surface area contributed by atoms with E-state index in [-0.39, 0.29) is 11.1 Å². The zero-order valence-corrected chi connectivity index (χ0v) is 16.5. The number of carboxylic acids is 2. The Bertz CT molecular complexity index is 590. The van der Waals surface area contributed by atoms with Crippen LogP contribution in [0.3, 0.4) is 0 Å². The molecule has 26 heavy (non-hydrogen) atoms. The van der Waals surface area contributed by atoms with Gasteiger partial charge in [0.15, 0.2) is 0 Å². The van der Waals surface area contributed by atoms with Crippen LogP contribution in [0.5, 0.6) is 0 Å². The van der Waals surface area contributed by atoms with E-state index in [2.05, 4.69) is 20.8 Å². The number of benzene rings is 1. The van der Waals surface area contributed by atoms with E-state index in [0.29, 0.717) is 12.3 Å². The lowest BCUT2D eigenvalue weighted by atomic mass is 9.89. The Morgan fingerprint density at radius 1 is 0.885 bits per heavy atom. The van der Waals surface area contributed by atoms with Crippen LogP contribution in [0.2, 0.25) is 0 Å². The number of rotatable bonds is 13. The molecule has 1 aromatic carbocycles. The topological polar surface area (TPSA) is 74.6 Å². The maximum atomic E-state index is 11.8. The Balaban J connectivity index is 2.92. The highest BCUT2D eigenvalue weighted by Crippen LogP contribution is 2.25. The molecule has 0 amide bonds. The zero-order chi connectivity index (χ0) is 19.5. The first-order valence-electron chi connectivity index (χ1n) is 9.99. The van der Waals surface area contributed by atoms with Crippen LogP contribution in [-0.2, 0) is 12.8 Å². The summed E-state index contributed by atoms with van der Waals surface area (Å²) >= 11 is 0. The number of hydrogen-bond acceptors (Lipinski definition) is 2. The average Bonchev–Trinajstić information content (AvgIpc) is 2.57. The van der Waals surface area contributed by atoms with Crippen LogP contribution in [0.25, 0.3) is 0 Å². The Morgan fingerprint density at radius 3 is 2.12 bits per heavy atom. The molecule has 0 aliphatic heterocycles. The molecule has 146 valence electrons. The third kappa shape index (κ3) is 7.19. The number of carboxylic acid groups (broad SMARTS) is 2. The summed E-state index contributed by atoms with van der Waals surface area (Å²) in [7, 11) is 0. The third-order valence-electron chi connectivity index (χ3n) is 4.86. The van der Waals surface area contributed by atoms with Gasteiger partial charge in [-0.1, -0.05) is 65.4 Å². The van der Waals surface area contributed by atoms with Crippen molar-refractivity contribution < 1.29 is 19.8 Å². The molecule has 0 saturated carbocycles. The van der Waals surface area contributed by atoms with Crippen molar-refractivity contribution in [2.24, 2.45) is 5.92 Å². The van der Waals surface area contributed by atoms with Gasteiger partial charge in [-0.25, -0.2) is 9.59 Å². The normalized spacial score (nSPS) is 11.1. The molecule has 1 aromatic rings. The molecule has 1 rings (SSSR count). The first-order valence-corrected chi connectivity index (χ1v) is 9.99. The molecule has 0 aromatic heterocycles. The standard InChI is InChI=1S/C22H34O4/c1-4-5-8-12-17-14-15-19(21(23)24)20(22(25)26)18(17)13-10-7-6-9-11-16(2)3/h14-16H,4-13H2,1-3H3,(H,23,24)(H,25,26). The number of carbonyl (C=O) groups is 2. The number of hydrogen-bond donors (Lipinski definition) is 2. The largest absolute Gasteiger partial charge is 0.478 e. The van der Waals surface area contributed by atoms with Crippen LogP contribution >= 0.6 is 0 Å². The highest BCUT2D eigenvalue weighted by Gasteiger charge is 2.22. The lowest BCUT2D eigenvalue weighted by molar-refractivity contribution is 0.0650. The minimum absolute atomic E-state index is 0.00585. The van der Waals surface area contributed by atoms with Crippen molar-refractivity contribution in [2.45, 2.75) is 85.0 Å². The van der Waals surface area contributed by atoms with Gasteiger partial charge in [0.1, 0.15) is 0 Å².